The average molecular weight is 526 g/mol. The number of halogens is 1. The summed E-state index contributed by atoms with van der Waals surface area (Å²) in [5, 5.41) is 6.43. The van der Waals surface area contributed by atoms with Gasteiger partial charge >= 0.3 is 6.03 Å². The number of benzene rings is 1. The van der Waals surface area contributed by atoms with Crippen molar-refractivity contribution in [3.8, 4) is 12.3 Å². The third-order valence-electron chi connectivity index (χ3n) is 7.32. The second kappa shape index (κ2) is 12.6. The van der Waals surface area contributed by atoms with Gasteiger partial charge in [-0.3, -0.25) is 15.0 Å². The fourth-order valence-corrected chi connectivity index (χ4v) is 6.46. The zero-order valence-corrected chi connectivity index (χ0v) is 22.5. The Hall–Kier alpha value is -2.80. The molecule has 2 amide bonds. The van der Waals surface area contributed by atoms with Crippen LogP contribution in [0.25, 0.3) is 0 Å². The summed E-state index contributed by atoms with van der Waals surface area (Å²) < 4.78 is 13.3. The molecule has 0 saturated carbocycles. The monoisotopic (exact) mass is 525 g/mol. The number of nitrogens with one attached hydrogen (secondary N) is 2. The molecular weight excluding hydrogens is 489 g/mol. The Labute approximate surface area is 222 Å². The Bertz CT molecular complexity index is 1130. The Morgan fingerprint density at radius 3 is 2.68 bits per heavy atom. The lowest BCUT2D eigenvalue weighted by Crippen LogP contribution is -2.55. The van der Waals surface area contributed by atoms with Gasteiger partial charge in [0, 0.05) is 45.1 Å². The van der Waals surface area contributed by atoms with Gasteiger partial charge in [0.1, 0.15) is 5.82 Å². The third kappa shape index (κ3) is 7.60. The van der Waals surface area contributed by atoms with E-state index in [1.807, 2.05) is 12.1 Å². The topological polar surface area (TPSA) is 77.6 Å². The Morgan fingerprint density at radius 2 is 1.97 bits per heavy atom. The molecule has 7 nitrogen and oxygen atoms in total. The second-order valence-corrected chi connectivity index (χ2v) is 11.3. The van der Waals surface area contributed by atoms with Crippen LogP contribution in [-0.2, 0) is 6.42 Å². The highest BCUT2D eigenvalue weighted by molar-refractivity contribution is 7.17. The van der Waals surface area contributed by atoms with E-state index in [9.17, 15) is 14.0 Å². The fraction of sp³-hybridized carbons (Fsp3) is 0.536. The van der Waals surface area contributed by atoms with Gasteiger partial charge in [0.15, 0.2) is 10.9 Å². The molecule has 3 atom stereocenters. The molecule has 2 N–H and O–H groups in total. The van der Waals surface area contributed by atoms with E-state index in [2.05, 4.69) is 31.3 Å². The van der Waals surface area contributed by atoms with Gasteiger partial charge in [-0.2, -0.15) is 0 Å². The lowest BCUT2D eigenvalue weighted by molar-refractivity contribution is 0.0910. The zero-order valence-electron chi connectivity index (χ0n) is 21.6. The molecule has 2 saturated heterocycles. The number of rotatable bonds is 8. The summed E-state index contributed by atoms with van der Waals surface area (Å²) >= 11 is 1.20. The SMILES string of the molecule is C#CCN1CC[C@@H](NC(=O)Nc2nc(C)c(C(C)=O)s2)[C@H](CN2CCC[C@@H](Cc3ccc(F)cc3)C2)C1. The largest absolute Gasteiger partial charge is 0.335 e. The van der Waals surface area contributed by atoms with Gasteiger partial charge in [-0.1, -0.05) is 29.4 Å². The molecule has 2 aliphatic rings. The lowest BCUT2D eigenvalue weighted by Gasteiger charge is -2.42. The van der Waals surface area contributed by atoms with Crippen LogP contribution in [0.15, 0.2) is 24.3 Å². The van der Waals surface area contributed by atoms with Crippen LogP contribution in [0.4, 0.5) is 14.3 Å². The number of aromatic nitrogens is 1. The maximum atomic E-state index is 13.3. The highest BCUT2D eigenvalue weighted by Gasteiger charge is 2.33. The predicted molar refractivity (Wildman–Crippen MR) is 145 cm³/mol. The number of likely N-dealkylation sites (tertiary alicyclic amines) is 2. The number of anilines is 1. The van der Waals surface area contributed by atoms with Crippen molar-refractivity contribution in [1.29, 1.82) is 0 Å². The van der Waals surface area contributed by atoms with Gasteiger partial charge in [-0.15, -0.1) is 6.42 Å². The van der Waals surface area contributed by atoms with Crippen molar-refractivity contribution in [2.24, 2.45) is 11.8 Å². The summed E-state index contributed by atoms with van der Waals surface area (Å²) in [5.41, 5.74) is 1.81. The number of Topliss-reactive ketones (excluding diaryl/α,β-unsaturated/α-hetero) is 1. The standard InChI is InChI=1S/C28H36FN5O2S/c1-4-12-33-14-11-25(31-27(36)32-28-30-19(2)26(37-28)20(3)35)23(17-33)18-34-13-5-6-22(16-34)15-21-7-9-24(29)10-8-21/h1,7-10,22-23,25H,5-6,11-18H2,2-3H3,(H2,30,31,32,36)/t22-,23-,25+/m0/s1. The summed E-state index contributed by atoms with van der Waals surface area (Å²) in [7, 11) is 0. The van der Waals surface area contributed by atoms with Gasteiger partial charge in [-0.05, 0) is 62.8 Å². The number of hydrogen-bond donors (Lipinski definition) is 2. The van der Waals surface area contributed by atoms with Crippen molar-refractivity contribution in [3.63, 3.8) is 0 Å². The minimum atomic E-state index is -0.294. The molecule has 2 fully saturated rings. The molecule has 3 heterocycles. The quantitative estimate of drug-likeness (QED) is 0.399. The normalized spacial score (nSPS) is 22.8. The smallest absolute Gasteiger partial charge is 0.321 e. The summed E-state index contributed by atoms with van der Waals surface area (Å²) in [6.45, 7) is 8.47. The second-order valence-electron chi connectivity index (χ2n) is 10.3. The molecule has 0 spiro atoms. The van der Waals surface area contributed by atoms with E-state index in [-0.39, 0.29) is 29.6 Å². The van der Waals surface area contributed by atoms with Gasteiger partial charge in [0.2, 0.25) is 0 Å². The van der Waals surface area contributed by atoms with Gasteiger partial charge in [0.25, 0.3) is 0 Å². The molecule has 198 valence electrons. The van der Waals surface area contributed by atoms with E-state index < -0.39 is 0 Å². The van der Waals surface area contributed by atoms with E-state index in [1.165, 1.54) is 42.4 Å². The van der Waals surface area contributed by atoms with E-state index in [0.717, 1.165) is 52.0 Å². The van der Waals surface area contributed by atoms with E-state index in [4.69, 9.17) is 6.42 Å². The first-order valence-electron chi connectivity index (χ1n) is 13.0. The molecule has 4 rings (SSSR count). The van der Waals surface area contributed by atoms with Crippen LogP contribution in [0, 0.1) is 36.9 Å². The number of nitrogens with zero attached hydrogens (tertiary/aromatic N) is 3. The summed E-state index contributed by atoms with van der Waals surface area (Å²) in [6, 6.07) is 6.56. The molecule has 37 heavy (non-hydrogen) atoms. The van der Waals surface area contributed by atoms with E-state index in [1.54, 1.807) is 6.92 Å². The van der Waals surface area contributed by atoms with Crippen LogP contribution in [0.1, 0.15) is 47.1 Å². The first-order valence-corrected chi connectivity index (χ1v) is 13.8. The molecule has 1 aromatic heterocycles. The highest BCUT2D eigenvalue weighted by atomic mass is 32.1. The number of urea groups is 1. The number of carbonyl (C=O) groups excluding carboxylic acids is 2. The molecule has 1 aromatic carbocycles. The van der Waals surface area contributed by atoms with Crippen molar-refractivity contribution in [3.05, 3.63) is 46.2 Å². The number of piperidine rings is 2. The van der Waals surface area contributed by atoms with Crippen LogP contribution in [0.2, 0.25) is 0 Å². The fourth-order valence-electron chi connectivity index (χ4n) is 5.60. The van der Waals surface area contributed by atoms with Crippen LogP contribution < -0.4 is 10.6 Å². The van der Waals surface area contributed by atoms with E-state index in [0.29, 0.717) is 28.2 Å². The minimum Gasteiger partial charge on any atom is -0.335 e. The van der Waals surface area contributed by atoms with E-state index >= 15 is 0 Å². The number of terminal acetylenes is 1. The van der Waals surface area contributed by atoms with Gasteiger partial charge in [0.05, 0.1) is 17.1 Å². The number of aryl methyl sites for hydroxylation is 1. The maximum Gasteiger partial charge on any atom is 0.321 e. The zero-order chi connectivity index (χ0) is 26.4. The lowest BCUT2D eigenvalue weighted by atomic mass is 9.88. The molecule has 2 aromatic rings. The Morgan fingerprint density at radius 1 is 1.19 bits per heavy atom. The van der Waals surface area contributed by atoms with Gasteiger partial charge in [-0.25, -0.2) is 14.2 Å². The predicted octanol–water partition coefficient (Wildman–Crippen LogP) is 4.19. The van der Waals surface area contributed by atoms with Crippen LogP contribution in [-0.4, -0.2) is 71.9 Å². The van der Waals surface area contributed by atoms with Crippen molar-refractivity contribution in [1.82, 2.24) is 20.1 Å². The average Bonchev–Trinajstić information content (AvgIpc) is 3.22. The first-order chi connectivity index (χ1) is 17.8. The maximum absolute atomic E-state index is 13.3. The number of thiazole rings is 1. The Balaban J connectivity index is 1.37. The van der Waals surface area contributed by atoms with Gasteiger partial charge < -0.3 is 10.2 Å². The number of amides is 2. The van der Waals surface area contributed by atoms with Crippen molar-refractivity contribution in [2.75, 3.05) is 44.6 Å². The number of ketones is 1. The van der Waals surface area contributed by atoms with Crippen LogP contribution >= 0.6 is 11.3 Å². The van der Waals surface area contributed by atoms with Crippen molar-refractivity contribution >= 4 is 28.3 Å². The number of carbonyl (C=O) groups is 2. The summed E-state index contributed by atoms with van der Waals surface area (Å²) in [5.74, 6) is 3.27. The highest BCUT2D eigenvalue weighted by Crippen LogP contribution is 2.26. The summed E-state index contributed by atoms with van der Waals surface area (Å²) in [4.78, 5) is 34.3. The van der Waals surface area contributed by atoms with Crippen molar-refractivity contribution < 1.29 is 14.0 Å². The van der Waals surface area contributed by atoms with Crippen molar-refractivity contribution in [2.45, 2.75) is 45.6 Å². The molecule has 0 unspecified atom stereocenters. The third-order valence-corrected chi connectivity index (χ3v) is 8.49. The molecule has 0 aliphatic carbocycles. The first kappa shape index (κ1) is 27.2. The molecular formula is C28H36FN5O2S. The minimum absolute atomic E-state index is 0.0137. The molecule has 0 radical (unpaired) electrons. The van der Waals surface area contributed by atoms with Crippen LogP contribution in [0.3, 0.4) is 0 Å². The summed E-state index contributed by atoms with van der Waals surface area (Å²) in [6.07, 6.45) is 9.66. The molecule has 2 aliphatic heterocycles. The van der Waals surface area contributed by atoms with Crippen LogP contribution in [0.5, 0.6) is 0 Å². The number of hydrogen-bond acceptors (Lipinski definition) is 6. The molecule has 9 heteroatoms. The Kier molecular flexibility index (Phi) is 9.30. The molecule has 0 bridgehead atoms.